The second kappa shape index (κ2) is 10.5. The molecule has 5 heteroatoms. The van der Waals surface area contributed by atoms with Crippen molar-refractivity contribution in [3.8, 4) is 11.5 Å². The van der Waals surface area contributed by atoms with E-state index in [0.29, 0.717) is 24.7 Å². The van der Waals surface area contributed by atoms with E-state index in [1.807, 2.05) is 60.7 Å². The molecule has 3 rings (SSSR count). The van der Waals surface area contributed by atoms with Gasteiger partial charge < -0.3 is 19.4 Å². The summed E-state index contributed by atoms with van der Waals surface area (Å²) in [5.41, 5.74) is 2.05. The Balaban J connectivity index is 0.00000243. The second-order valence-electron chi connectivity index (χ2n) is 5.50. The van der Waals surface area contributed by atoms with E-state index in [-0.39, 0.29) is 56.9 Å². The Morgan fingerprint density at radius 2 is 1.23 bits per heavy atom. The van der Waals surface area contributed by atoms with Crippen LogP contribution in [0.15, 0.2) is 78.9 Å². The summed E-state index contributed by atoms with van der Waals surface area (Å²) >= 11 is 0. The zero-order chi connectivity index (χ0) is 17.5. The van der Waals surface area contributed by atoms with E-state index >= 15 is 0 Å². The number of benzene rings is 3. The molecule has 0 aliphatic rings. The van der Waals surface area contributed by atoms with E-state index in [4.69, 9.17) is 9.47 Å². The Bertz CT molecular complexity index is 835. The van der Waals surface area contributed by atoms with Gasteiger partial charge in [0.15, 0.2) is 11.5 Å². The largest absolute Gasteiger partial charge is 1.00 e. The molecule has 3 aromatic carbocycles. The molecule has 4 nitrogen and oxygen atoms in total. The smallest absolute Gasteiger partial charge is 0.545 e. The van der Waals surface area contributed by atoms with Crippen molar-refractivity contribution in [2.75, 3.05) is 0 Å². The average Bonchev–Trinajstić information content (AvgIpc) is 2.66. The molecule has 0 fully saturated rings. The van der Waals surface area contributed by atoms with Crippen molar-refractivity contribution < 1.29 is 70.8 Å². The maximum absolute atomic E-state index is 11.1. The second-order valence-corrected chi connectivity index (χ2v) is 5.50. The minimum Gasteiger partial charge on any atom is -0.545 e. The first-order valence-corrected chi connectivity index (χ1v) is 7.91. The van der Waals surface area contributed by atoms with Gasteiger partial charge in [-0.25, -0.2) is 0 Å². The number of carboxylic acids is 1. The molecule has 3 aromatic rings. The normalized spacial score (nSPS) is 9.85. The van der Waals surface area contributed by atoms with Crippen LogP contribution in [0.25, 0.3) is 0 Å². The number of rotatable bonds is 7. The first-order valence-electron chi connectivity index (χ1n) is 7.91. The van der Waals surface area contributed by atoms with E-state index < -0.39 is 5.97 Å². The fraction of sp³-hybridized carbons (Fsp3) is 0.0952. The van der Waals surface area contributed by atoms with Crippen LogP contribution in [-0.4, -0.2) is 5.97 Å². The van der Waals surface area contributed by atoms with E-state index in [1.165, 1.54) is 12.1 Å². The maximum Gasteiger partial charge on any atom is 1.00 e. The number of aromatic carboxylic acids is 1. The van der Waals surface area contributed by atoms with Gasteiger partial charge in [0.25, 0.3) is 0 Å². The molecular weight excluding hydrogens is 355 g/mol. The molecule has 0 saturated heterocycles. The number of ether oxygens (including phenoxy) is 2. The minimum absolute atomic E-state index is 0. The molecule has 0 bridgehead atoms. The van der Waals surface area contributed by atoms with Gasteiger partial charge >= 0.3 is 51.4 Å². The molecule has 0 aromatic heterocycles. The van der Waals surface area contributed by atoms with E-state index in [2.05, 4.69) is 0 Å². The molecule has 0 N–H and O–H groups in total. The van der Waals surface area contributed by atoms with Crippen LogP contribution in [0.3, 0.4) is 0 Å². The fourth-order valence-corrected chi connectivity index (χ4v) is 2.34. The van der Waals surface area contributed by atoms with Gasteiger partial charge in [-0.15, -0.1) is 0 Å². The van der Waals surface area contributed by atoms with E-state index in [0.717, 1.165) is 11.1 Å². The van der Waals surface area contributed by atoms with Crippen LogP contribution in [-0.2, 0) is 13.2 Å². The van der Waals surface area contributed by atoms with Crippen molar-refractivity contribution in [1.82, 2.24) is 0 Å². The topological polar surface area (TPSA) is 58.6 Å². The molecule has 0 heterocycles. The van der Waals surface area contributed by atoms with Crippen LogP contribution in [0.5, 0.6) is 11.5 Å². The molecule has 0 aliphatic heterocycles. The van der Waals surface area contributed by atoms with E-state index in [9.17, 15) is 9.90 Å². The standard InChI is InChI=1S/C21H18O4.K/c22-21(23)18-11-12-19(24-14-16-7-3-1-4-8-16)20(13-18)25-15-17-9-5-2-6-10-17;/h1-13H,14-15H2,(H,22,23);/q;+1/p-1. The predicted molar refractivity (Wildman–Crippen MR) is 92.3 cm³/mol. The summed E-state index contributed by atoms with van der Waals surface area (Å²) in [6.07, 6.45) is 0. The molecule has 0 atom stereocenters. The Morgan fingerprint density at radius 3 is 1.73 bits per heavy atom. The van der Waals surface area contributed by atoms with Crippen LogP contribution in [0.1, 0.15) is 21.5 Å². The van der Waals surface area contributed by atoms with Crippen LogP contribution in [0, 0.1) is 0 Å². The minimum atomic E-state index is -1.25. The molecule has 0 spiro atoms. The quantitative estimate of drug-likeness (QED) is 0.557. The van der Waals surface area contributed by atoms with Crippen molar-refractivity contribution >= 4 is 5.97 Å². The Morgan fingerprint density at radius 1 is 0.731 bits per heavy atom. The molecule has 126 valence electrons. The van der Waals surface area contributed by atoms with Crippen molar-refractivity contribution in [1.29, 1.82) is 0 Å². The summed E-state index contributed by atoms with van der Waals surface area (Å²) in [5, 5.41) is 11.1. The fourth-order valence-electron chi connectivity index (χ4n) is 2.34. The summed E-state index contributed by atoms with van der Waals surface area (Å²) in [7, 11) is 0. The van der Waals surface area contributed by atoms with Crippen LogP contribution >= 0.6 is 0 Å². The monoisotopic (exact) mass is 372 g/mol. The Kier molecular flexibility index (Phi) is 8.35. The maximum atomic E-state index is 11.1. The van der Waals surface area contributed by atoms with Gasteiger partial charge in [-0.3, -0.25) is 0 Å². The van der Waals surface area contributed by atoms with Gasteiger partial charge in [0, 0.05) is 5.56 Å². The van der Waals surface area contributed by atoms with Gasteiger partial charge in [-0.05, 0) is 29.3 Å². The summed E-state index contributed by atoms with van der Waals surface area (Å²) < 4.78 is 11.6. The van der Waals surface area contributed by atoms with E-state index in [1.54, 1.807) is 6.07 Å². The van der Waals surface area contributed by atoms with Crippen LogP contribution < -0.4 is 66.0 Å². The zero-order valence-corrected chi connectivity index (χ0v) is 17.7. The van der Waals surface area contributed by atoms with Gasteiger partial charge in [-0.1, -0.05) is 60.7 Å². The SMILES string of the molecule is O=C([O-])c1ccc(OCc2ccccc2)c(OCc2ccccc2)c1.[K+]. The zero-order valence-electron chi connectivity index (χ0n) is 14.6. The summed E-state index contributed by atoms with van der Waals surface area (Å²) in [5.74, 6) is -0.384. The molecule has 0 amide bonds. The average molecular weight is 372 g/mol. The first kappa shape index (κ1) is 20.7. The number of hydrogen-bond donors (Lipinski definition) is 0. The van der Waals surface area contributed by atoms with Gasteiger partial charge in [0.1, 0.15) is 13.2 Å². The van der Waals surface area contributed by atoms with Crippen molar-refractivity contribution in [3.63, 3.8) is 0 Å². The molecular formula is C21H17KO4. The van der Waals surface area contributed by atoms with Gasteiger partial charge in [0.2, 0.25) is 0 Å². The Hall–Kier alpha value is -1.63. The van der Waals surface area contributed by atoms with Crippen molar-refractivity contribution in [3.05, 3.63) is 95.6 Å². The van der Waals surface area contributed by atoms with Gasteiger partial charge in [-0.2, -0.15) is 0 Å². The Labute approximate surface area is 195 Å². The van der Waals surface area contributed by atoms with Crippen molar-refractivity contribution in [2.24, 2.45) is 0 Å². The molecule has 0 saturated carbocycles. The molecule has 26 heavy (non-hydrogen) atoms. The summed E-state index contributed by atoms with van der Waals surface area (Å²) in [6, 6.07) is 23.8. The summed E-state index contributed by atoms with van der Waals surface area (Å²) in [4.78, 5) is 11.1. The van der Waals surface area contributed by atoms with Crippen LogP contribution in [0.4, 0.5) is 0 Å². The third-order valence-corrected chi connectivity index (χ3v) is 3.65. The first-order chi connectivity index (χ1) is 12.2. The van der Waals surface area contributed by atoms with Gasteiger partial charge in [0.05, 0.1) is 5.97 Å². The van der Waals surface area contributed by atoms with Crippen LogP contribution in [0.2, 0.25) is 0 Å². The third kappa shape index (κ3) is 5.97. The number of carbonyl (C=O) groups is 1. The third-order valence-electron chi connectivity index (χ3n) is 3.65. The number of carboxylic acid groups (broad SMARTS) is 1. The molecule has 0 unspecified atom stereocenters. The van der Waals surface area contributed by atoms with Crippen molar-refractivity contribution in [2.45, 2.75) is 13.2 Å². The molecule has 0 aliphatic carbocycles. The molecule has 0 radical (unpaired) electrons. The summed E-state index contributed by atoms with van der Waals surface area (Å²) in [6.45, 7) is 0.687. The number of hydrogen-bond acceptors (Lipinski definition) is 4. The predicted octanol–water partition coefficient (Wildman–Crippen LogP) is 0.212. The number of carbonyl (C=O) groups excluding carboxylic acids is 1.